The Morgan fingerprint density at radius 1 is 1.27 bits per heavy atom. The number of ketones is 1. The van der Waals surface area contributed by atoms with Gasteiger partial charge in [0.05, 0.1) is 17.6 Å². The quantitative estimate of drug-likeness (QED) is 0.643. The van der Waals surface area contributed by atoms with E-state index >= 15 is 0 Å². The predicted octanol–water partition coefficient (Wildman–Crippen LogP) is 0.952. The lowest BCUT2D eigenvalue weighted by atomic mass is 10.1. The van der Waals surface area contributed by atoms with Crippen LogP contribution in [0, 0.1) is 5.92 Å². The molecule has 2 rings (SSSR count). The van der Waals surface area contributed by atoms with E-state index in [9.17, 15) is 14.7 Å². The number of aliphatic hydroxyl groups is 1. The number of thioether (sulfide) groups is 1. The molecule has 1 heterocycles. The average molecular weight is 343 g/mol. The van der Waals surface area contributed by atoms with Crippen molar-refractivity contribution in [3.8, 4) is 0 Å². The predicted molar refractivity (Wildman–Crippen MR) is 88.5 cm³/mol. The maximum Gasteiger partial charge on any atom is 0.230 e. The van der Waals surface area contributed by atoms with Crippen molar-refractivity contribution in [3.05, 3.63) is 34.9 Å². The van der Waals surface area contributed by atoms with Gasteiger partial charge in [0.25, 0.3) is 0 Å². The molecule has 0 aliphatic carbocycles. The van der Waals surface area contributed by atoms with Gasteiger partial charge >= 0.3 is 0 Å². The third kappa shape index (κ3) is 5.28. The number of carbonyl (C=O) groups is 2. The first-order valence-electron chi connectivity index (χ1n) is 7.08. The highest BCUT2D eigenvalue weighted by atomic mass is 35.5. The second-order valence-corrected chi connectivity index (χ2v) is 6.63. The van der Waals surface area contributed by atoms with Gasteiger partial charge in [0.1, 0.15) is 0 Å². The molecular weight excluding hydrogens is 324 g/mol. The molecule has 0 bridgehead atoms. The molecule has 1 aliphatic rings. The summed E-state index contributed by atoms with van der Waals surface area (Å²) in [6, 6.07) is 6.71. The normalized spacial score (nSPS) is 20.8. The fraction of sp³-hybridized carbons (Fsp3) is 0.467. The lowest BCUT2D eigenvalue weighted by Gasteiger charge is -2.13. The van der Waals surface area contributed by atoms with E-state index in [2.05, 4.69) is 10.6 Å². The molecule has 120 valence electrons. The standard InChI is InChI=1S/C15H19ClN2O3S/c16-12-3-1-10(2-4-12)14(20)8-22-9-15(21)18-6-11-5-17-7-13(11)19/h1-4,11,13,17,19H,5-9H2,(H,18,21). The maximum atomic E-state index is 11.9. The zero-order chi connectivity index (χ0) is 15.9. The summed E-state index contributed by atoms with van der Waals surface area (Å²) >= 11 is 7.05. The molecule has 2 atom stereocenters. The fourth-order valence-electron chi connectivity index (χ4n) is 2.18. The summed E-state index contributed by atoms with van der Waals surface area (Å²) in [6.45, 7) is 1.74. The second kappa shape index (κ2) is 8.53. The average Bonchev–Trinajstić information content (AvgIpc) is 2.91. The Morgan fingerprint density at radius 2 is 2.00 bits per heavy atom. The third-order valence-electron chi connectivity index (χ3n) is 3.50. The topological polar surface area (TPSA) is 78.4 Å². The lowest BCUT2D eigenvalue weighted by Crippen LogP contribution is -2.35. The molecule has 22 heavy (non-hydrogen) atoms. The number of benzene rings is 1. The van der Waals surface area contributed by atoms with Gasteiger partial charge in [-0.1, -0.05) is 11.6 Å². The number of nitrogens with one attached hydrogen (secondary N) is 2. The van der Waals surface area contributed by atoms with Crippen LogP contribution in [0.2, 0.25) is 5.02 Å². The summed E-state index contributed by atoms with van der Waals surface area (Å²) in [5, 5.41) is 16.1. The van der Waals surface area contributed by atoms with Gasteiger partial charge < -0.3 is 15.7 Å². The molecule has 1 aliphatic heterocycles. The number of carbonyl (C=O) groups excluding carboxylic acids is 2. The van der Waals surface area contributed by atoms with Crippen LogP contribution in [-0.4, -0.2) is 54.0 Å². The first-order valence-corrected chi connectivity index (χ1v) is 8.61. The van der Waals surface area contributed by atoms with E-state index in [1.54, 1.807) is 24.3 Å². The van der Waals surface area contributed by atoms with Gasteiger partial charge in [0, 0.05) is 36.1 Å². The number of halogens is 1. The van der Waals surface area contributed by atoms with Gasteiger partial charge in [-0.25, -0.2) is 0 Å². The Hall–Kier alpha value is -1.08. The number of aliphatic hydroxyl groups excluding tert-OH is 1. The lowest BCUT2D eigenvalue weighted by molar-refractivity contribution is -0.118. The summed E-state index contributed by atoms with van der Waals surface area (Å²) < 4.78 is 0. The van der Waals surface area contributed by atoms with Crippen molar-refractivity contribution in [2.75, 3.05) is 31.1 Å². The Balaban J connectivity index is 1.64. The van der Waals surface area contributed by atoms with Crippen LogP contribution >= 0.6 is 23.4 Å². The molecule has 0 radical (unpaired) electrons. The molecule has 7 heteroatoms. The van der Waals surface area contributed by atoms with Crippen molar-refractivity contribution in [3.63, 3.8) is 0 Å². The van der Waals surface area contributed by atoms with Crippen LogP contribution in [0.1, 0.15) is 10.4 Å². The molecule has 3 N–H and O–H groups in total. The van der Waals surface area contributed by atoms with E-state index in [0.717, 1.165) is 0 Å². The molecule has 0 saturated carbocycles. The van der Waals surface area contributed by atoms with E-state index in [0.29, 0.717) is 30.2 Å². The molecule has 1 aromatic carbocycles. The molecule has 1 aromatic rings. The van der Waals surface area contributed by atoms with Gasteiger partial charge in [-0.3, -0.25) is 9.59 Å². The largest absolute Gasteiger partial charge is 0.391 e. The molecule has 2 unspecified atom stereocenters. The summed E-state index contributed by atoms with van der Waals surface area (Å²) in [6.07, 6.45) is -0.403. The number of hydrogen-bond acceptors (Lipinski definition) is 5. The van der Waals surface area contributed by atoms with Crippen molar-refractivity contribution >= 4 is 35.1 Å². The summed E-state index contributed by atoms with van der Waals surface area (Å²) in [7, 11) is 0. The van der Waals surface area contributed by atoms with Crippen LogP contribution in [0.5, 0.6) is 0 Å². The highest BCUT2D eigenvalue weighted by molar-refractivity contribution is 8.00. The van der Waals surface area contributed by atoms with Crippen LogP contribution in [0.15, 0.2) is 24.3 Å². The molecule has 0 aromatic heterocycles. The third-order valence-corrected chi connectivity index (χ3v) is 4.68. The van der Waals surface area contributed by atoms with E-state index in [4.69, 9.17) is 11.6 Å². The first kappa shape index (κ1) is 17.3. The minimum Gasteiger partial charge on any atom is -0.391 e. The smallest absolute Gasteiger partial charge is 0.230 e. The van der Waals surface area contributed by atoms with Crippen molar-refractivity contribution in [2.24, 2.45) is 5.92 Å². The van der Waals surface area contributed by atoms with Crippen LogP contribution in [0.3, 0.4) is 0 Å². The minimum atomic E-state index is -0.403. The zero-order valence-corrected chi connectivity index (χ0v) is 13.6. The molecule has 1 saturated heterocycles. The van der Waals surface area contributed by atoms with E-state index < -0.39 is 6.10 Å². The monoisotopic (exact) mass is 342 g/mol. The molecule has 1 amide bonds. The summed E-state index contributed by atoms with van der Waals surface area (Å²) in [5.41, 5.74) is 0.595. The van der Waals surface area contributed by atoms with Crippen LogP contribution in [0.4, 0.5) is 0 Å². The van der Waals surface area contributed by atoms with Gasteiger partial charge in [-0.15, -0.1) is 11.8 Å². The Morgan fingerprint density at radius 3 is 2.64 bits per heavy atom. The van der Waals surface area contributed by atoms with E-state index in [1.807, 2.05) is 0 Å². The van der Waals surface area contributed by atoms with Crippen LogP contribution < -0.4 is 10.6 Å². The zero-order valence-electron chi connectivity index (χ0n) is 12.0. The first-order chi connectivity index (χ1) is 10.6. The van der Waals surface area contributed by atoms with Crippen molar-refractivity contribution < 1.29 is 14.7 Å². The number of rotatable bonds is 7. The van der Waals surface area contributed by atoms with Crippen molar-refractivity contribution in [2.45, 2.75) is 6.10 Å². The summed E-state index contributed by atoms with van der Waals surface area (Å²) in [4.78, 5) is 23.6. The highest BCUT2D eigenvalue weighted by Crippen LogP contribution is 2.12. The number of hydrogen-bond donors (Lipinski definition) is 3. The van der Waals surface area contributed by atoms with Gasteiger partial charge in [0.15, 0.2) is 5.78 Å². The SMILES string of the molecule is O=C(CSCC(=O)c1ccc(Cl)cc1)NCC1CNCC1O. The molecule has 1 fully saturated rings. The molecule has 5 nitrogen and oxygen atoms in total. The maximum absolute atomic E-state index is 11.9. The highest BCUT2D eigenvalue weighted by Gasteiger charge is 2.24. The van der Waals surface area contributed by atoms with E-state index in [1.165, 1.54) is 11.8 Å². The van der Waals surface area contributed by atoms with Gasteiger partial charge in [0.2, 0.25) is 5.91 Å². The van der Waals surface area contributed by atoms with Crippen LogP contribution in [0.25, 0.3) is 0 Å². The van der Waals surface area contributed by atoms with E-state index in [-0.39, 0.29) is 29.1 Å². The number of β-amino-alcohol motifs (C(OH)–C–C–N with tert-alkyl or cyclic N) is 1. The van der Waals surface area contributed by atoms with Gasteiger partial charge in [-0.2, -0.15) is 0 Å². The summed E-state index contributed by atoms with van der Waals surface area (Å²) in [5.74, 6) is 0.403. The second-order valence-electron chi connectivity index (χ2n) is 5.21. The van der Waals surface area contributed by atoms with Crippen LogP contribution in [-0.2, 0) is 4.79 Å². The molecule has 0 spiro atoms. The molecular formula is C15H19ClN2O3S. The van der Waals surface area contributed by atoms with Crippen molar-refractivity contribution in [1.29, 1.82) is 0 Å². The van der Waals surface area contributed by atoms with Gasteiger partial charge in [-0.05, 0) is 24.3 Å². The Kier molecular flexibility index (Phi) is 6.70. The Bertz CT molecular complexity index is 524. The fourth-order valence-corrected chi connectivity index (χ4v) is 3.05. The van der Waals surface area contributed by atoms with Crippen molar-refractivity contribution in [1.82, 2.24) is 10.6 Å². The Labute approximate surface area is 138 Å². The number of amides is 1. The number of Topliss-reactive ketones (excluding diaryl/α,β-unsaturated/α-hetero) is 1. The minimum absolute atomic E-state index is 0.0233.